The molecule has 0 bridgehead atoms. The first-order chi connectivity index (χ1) is 13.4. The highest BCUT2D eigenvalue weighted by atomic mass is 19.1. The first kappa shape index (κ1) is 20.0. The first-order valence-electron chi connectivity index (χ1n) is 9.70. The zero-order valence-corrected chi connectivity index (χ0v) is 16.7. The largest absolute Gasteiger partial charge is 0.350 e. The number of hydrogen-bond donors (Lipinski definition) is 1. The molecule has 1 aromatic heterocycles. The smallest absolute Gasteiger partial charge is 0.271 e. The minimum atomic E-state index is -0.265. The number of benzene rings is 1. The molecule has 6 nitrogen and oxygen atoms in total. The minimum absolute atomic E-state index is 0.110. The number of aryl methyl sites for hydroxylation is 1. The van der Waals surface area contributed by atoms with E-state index in [1.807, 2.05) is 18.7 Å². The molecule has 2 aromatic rings. The van der Waals surface area contributed by atoms with Crippen LogP contribution in [0.25, 0.3) is 0 Å². The number of halogens is 1. The monoisotopic (exact) mass is 386 g/mol. The van der Waals surface area contributed by atoms with E-state index in [-0.39, 0.29) is 23.7 Å². The number of aromatic nitrogens is 2. The molecule has 1 aromatic carbocycles. The molecule has 0 unspecified atom stereocenters. The zero-order valence-electron chi connectivity index (χ0n) is 16.7. The topological polar surface area (TPSA) is 67.2 Å². The van der Waals surface area contributed by atoms with Gasteiger partial charge >= 0.3 is 0 Å². The normalized spacial score (nSPS) is 14.9. The van der Waals surface area contributed by atoms with Crippen LogP contribution in [-0.4, -0.2) is 45.9 Å². The zero-order chi connectivity index (χ0) is 20.3. The molecule has 1 aliphatic heterocycles. The molecule has 28 heavy (non-hydrogen) atoms. The number of nitrogens with zero attached hydrogens (tertiary/aromatic N) is 3. The Kier molecular flexibility index (Phi) is 6.11. The van der Waals surface area contributed by atoms with Gasteiger partial charge in [0.05, 0.1) is 0 Å². The van der Waals surface area contributed by atoms with Gasteiger partial charge in [0.25, 0.3) is 5.91 Å². The van der Waals surface area contributed by atoms with Crippen molar-refractivity contribution in [3.63, 3.8) is 0 Å². The summed E-state index contributed by atoms with van der Waals surface area (Å²) in [5.41, 5.74) is 2.28. The van der Waals surface area contributed by atoms with E-state index in [0.717, 1.165) is 43.0 Å². The Labute approximate surface area is 164 Å². The van der Waals surface area contributed by atoms with Crippen molar-refractivity contribution in [2.75, 3.05) is 19.6 Å². The van der Waals surface area contributed by atoms with Crippen LogP contribution in [0.15, 0.2) is 24.3 Å². The lowest BCUT2D eigenvalue weighted by molar-refractivity contribution is -0.130. The molecule has 0 saturated carbocycles. The summed E-state index contributed by atoms with van der Waals surface area (Å²) in [5, 5.41) is 2.91. The molecular formula is C21H27FN4O2. The van der Waals surface area contributed by atoms with E-state index in [1.165, 1.54) is 12.1 Å². The Bertz CT molecular complexity index is 852. The highest BCUT2D eigenvalue weighted by molar-refractivity contribution is 5.93. The number of likely N-dealkylation sites (tertiary alicyclic amines) is 1. The van der Waals surface area contributed by atoms with Gasteiger partial charge < -0.3 is 14.8 Å². The molecule has 0 spiro atoms. The summed E-state index contributed by atoms with van der Waals surface area (Å²) in [7, 11) is 0. The number of carbonyl (C=O) groups is 2. The molecule has 2 heterocycles. The third-order valence-electron chi connectivity index (χ3n) is 5.43. The molecule has 2 amide bonds. The molecular weight excluding hydrogens is 359 g/mol. The standard InChI is InChI=1S/C21H27FN4O2/c1-14-20(21(28)23-11-8-17-4-6-18(22)7-5-17)24-15(2)26(14)19-9-12-25(13-10-19)16(3)27/h4-7,19H,8-13H2,1-3H3,(H,23,28). The summed E-state index contributed by atoms with van der Waals surface area (Å²) in [6.45, 7) is 7.37. The van der Waals surface area contributed by atoms with Gasteiger partial charge in [-0.3, -0.25) is 9.59 Å². The van der Waals surface area contributed by atoms with Gasteiger partial charge in [-0.15, -0.1) is 0 Å². The summed E-state index contributed by atoms with van der Waals surface area (Å²) < 4.78 is 15.1. The van der Waals surface area contributed by atoms with E-state index in [4.69, 9.17) is 0 Å². The lowest BCUT2D eigenvalue weighted by atomic mass is 10.0. The number of hydrogen-bond acceptors (Lipinski definition) is 3. The van der Waals surface area contributed by atoms with Crippen LogP contribution in [0.3, 0.4) is 0 Å². The summed E-state index contributed by atoms with van der Waals surface area (Å²) in [5.74, 6) is 0.474. The van der Waals surface area contributed by atoms with Gasteiger partial charge in [0.2, 0.25) is 5.91 Å². The molecule has 150 valence electrons. The lowest BCUT2D eigenvalue weighted by Crippen LogP contribution is -2.38. The average Bonchev–Trinajstić information content (AvgIpc) is 2.97. The van der Waals surface area contributed by atoms with Gasteiger partial charge in [0, 0.05) is 38.3 Å². The Balaban J connectivity index is 1.61. The van der Waals surface area contributed by atoms with Crippen LogP contribution in [0.2, 0.25) is 0 Å². The maximum atomic E-state index is 13.0. The second kappa shape index (κ2) is 8.54. The van der Waals surface area contributed by atoms with Crippen LogP contribution in [0, 0.1) is 19.7 Å². The second-order valence-corrected chi connectivity index (χ2v) is 7.33. The molecule has 1 N–H and O–H groups in total. The van der Waals surface area contributed by atoms with Gasteiger partial charge in [-0.25, -0.2) is 9.37 Å². The van der Waals surface area contributed by atoms with E-state index >= 15 is 0 Å². The summed E-state index contributed by atoms with van der Waals surface area (Å²) in [6, 6.07) is 6.54. The Morgan fingerprint density at radius 3 is 2.43 bits per heavy atom. The van der Waals surface area contributed by atoms with Crippen LogP contribution in [0.1, 0.15) is 53.4 Å². The van der Waals surface area contributed by atoms with E-state index in [1.54, 1.807) is 19.1 Å². The molecule has 1 aliphatic rings. The van der Waals surface area contributed by atoms with E-state index < -0.39 is 0 Å². The number of carbonyl (C=O) groups excluding carboxylic acids is 2. The van der Waals surface area contributed by atoms with Gasteiger partial charge in [0.15, 0.2) is 0 Å². The Morgan fingerprint density at radius 2 is 1.82 bits per heavy atom. The number of piperidine rings is 1. The highest BCUT2D eigenvalue weighted by Crippen LogP contribution is 2.27. The van der Waals surface area contributed by atoms with Crippen LogP contribution >= 0.6 is 0 Å². The fraction of sp³-hybridized carbons (Fsp3) is 0.476. The third kappa shape index (κ3) is 4.40. The van der Waals surface area contributed by atoms with Gasteiger partial charge in [-0.05, 0) is 50.8 Å². The first-order valence-corrected chi connectivity index (χ1v) is 9.70. The Hall–Kier alpha value is -2.70. The third-order valence-corrected chi connectivity index (χ3v) is 5.43. The van der Waals surface area contributed by atoms with Crippen molar-refractivity contribution in [3.05, 3.63) is 52.9 Å². The predicted molar refractivity (Wildman–Crippen MR) is 105 cm³/mol. The van der Waals surface area contributed by atoms with E-state index in [2.05, 4.69) is 14.9 Å². The van der Waals surface area contributed by atoms with Crippen molar-refractivity contribution in [2.45, 2.75) is 46.1 Å². The maximum absolute atomic E-state index is 13.0. The fourth-order valence-electron chi connectivity index (χ4n) is 3.90. The molecule has 1 saturated heterocycles. The van der Waals surface area contributed by atoms with Crippen molar-refractivity contribution in [1.82, 2.24) is 19.8 Å². The molecule has 1 fully saturated rings. The lowest BCUT2D eigenvalue weighted by Gasteiger charge is -2.33. The van der Waals surface area contributed by atoms with Crippen LogP contribution in [0.5, 0.6) is 0 Å². The van der Waals surface area contributed by atoms with Gasteiger partial charge in [0.1, 0.15) is 17.3 Å². The van der Waals surface area contributed by atoms with Crippen molar-refractivity contribution >= 4 is 11.8 Å². The van der Waals surface area contributed by atoms with E-state index in [9.17, 15) is 14.0 Å². The summed E-state index contributed by atoms with van der Waals surface area (Å²) >= 11 is 0. The van der Waals surface area contributed by atoms with Crippen molar-refractivity contribution in [2.24, 2.45) is 0 Å². The number of nitrogens with one attached hydrogen (secondary N) is 1. The maximum Gasteiger partial charge on any atom is 0.271 e. The average molecular weight is 386 g/mol. The van der Waals surface area contributed by atoms with Gasteiger partial charge in [-0.1, -0.05) is 12.1 Å². The predicted octanol–water partition coefficient (Wildman–Crippen LogP) is 2.79. The van der Waals surface area contributed by atoms with E-state index in [0.29, 0.717) is 18.7 Å². The van der Waals surface area contributed by atoms with Crippen molar-refractivity contribution in [3.8, 4) is 0 Å². The molecule has 0 atom stereocenters. The second-order valence-electron chi connectivity index (χ2n) is 7.33. The van der Waals surface area contributed by atoms with Crippen molar-refractivity contribution < 1.29 is 14.0 Å². The summed E-state index contributed by atoms with van der Waals surface area (Å²) in [4.78, 5) is 30.5. The number of rotatable bonds is 5. The SMILES string of the molecule is CC(=O)N1CCC(n2c(C)nc(C(=O)NCCc3ccc(F)cc3)c2C)CC1. The van der Waals surface area contributed by atoms with Gasteiger partial charge in [-0.2, -0.15) is 0 Å². The molecule has 0 radical (unpaired) electrons. The van der Waals surface area contributed by atoms with Crippen LogP contribution in [-0.2, 0) is 11.2 Å². The fourth-order valence-corrected chi connectivity index (χ4v) is 3.90. The quantitative estimate of drug-likeness (QED) is 0.859. The minimum Gasteiger partial charge on any atom is -0.350 e. The molecule has 7 heteroatoms. The number of amides is 2. The number of imidazole rings is 1. The van der Waals surface area contributed by atoms with Crippen LogP contribution in [0.4, 0.5) is 4.39 Å². The van der Waals surface area contributed by atoms with Crippen molar-refractivity contribution in [1.29, 1.82) is 0 Å². The van der Waals surface area contributed by atoms with Crippen LogP contribution < -0.4 is 5.32 Å². The highest BCUT2D eigenvalue weighted by Gasteiger charge is 2.26. The molecule has 3 rings (SSSR count). The Morgan fingerprint density at radius 1 is 1.18 bits per heavy atom. The summed E-state index contributed by atoms with van der Waals surface area (Å²) in [6.07, 6.45) is 2.36. The molecule has 0 aliphatic carbocycles.